The fourth-order valence-electron chi connectivity index (χ4n) is 3.31. The molecule has 2 aliphatic rings. The number of likely N-dealkylation sites (tertiary alicyclic amines) is 1. The van der Waals surface area contributed by atoms with Gasteiger partial charge in [-0.05, 0) is 37.1 Å². The molecule has 3 amide bonds. The van der Waals surface area contributed by atoms with Crippen LogP contribution in [0, 0.1) is 0 Å². The largest absolute Gasteiger partial charge is 0.586 e. The first-order valence-electron chi connectivity index (χ1n) is 9.21. The molecule has 0 bridgehead atoms. The van der Waals surface area contributed by atoms with Crippen molar-refractivity contribution < 1.29 is 27.8 Å². The Morgan fingerprint density at radius 3 is 2.41 bits per heavy atom. The highest BCUT2D eigenvalue weighted by molar-refractivity contribution is 5.94. The number of halogens is 2. The standard InChI is InChI=1S/C20H19F2N3O4/c21-20(22)28-16-7-6-15(12-17(16)29-20)24-19(27)25-10-8-14(9-11-25)23-18(26)13-4-2-1-3-5-13/h1-7,12,14H,8-11H2,(H,23,26)(H,24,27). The van der Waals surface area contributed by atoms with Gasteiger partial charge < -0.3 is 25.0 Å². The SMILES string of the molecule is O=C(NC1CCN(C(=O)Nc2ccc3c(c2)OC(F)(F)O3)CC1)c1ccccc1. The third-order valence-electron chi connectivity index (χ3n) is 4.81. The summed E-state index contributed by atoms with van der Waals surface area (Å²) in [6.07, 6.45) is -2.45. The lowest BCUT2D eigenvalue weighted by atomic mass is 10.0. The van der Waals surface area contributed by atoms with Crippen LogP contribution in [0.4, 0.5) is 19.3 Å². The number of piperidine rings is 1. The Bertz CT molecular complexity index is 915. The number of rotatable bonds is 3. The molecule has 7 nitrogen and oxygen atoms in total. The van der Waals surface area contributed by atoms with E-state index >= 15 is 0 Å². The molecule has 1 saturated heterocycles. The molecule has 2 N–H and O–H groups in total. The quantitative estimate of drug-likeness (QED) is 0.823. The normalized spacial score (nSPS) is 17.7. The van der Waals surface area contributed by atoms with Crippen LogP contribution in [0.15, 0.2) is 48.5 Å². The van der Waals surface area contributed by atoms with Gasteiger partial charge in [-0.1, -0.05) is 18.2 Å². The van der Waals surface area contributed by atoms with Crippen LogP contribution in [-0.2, 0) is 0 Å². The Hall–Kier alpha value is -3.36. The monoisotopic (exact) mass is 403 g/mol. The summed E-state index contributed by atoms with van der Waals surface area (Å²) in [6, 6.07) is 12.7. The molecule has 0 atom stereocenters. The topological polar surface area (TPSA) is 79.9 Å². The van der Waals surface area contributed by atoms with Crippen LogP contribution in [0.25, 0.3) is 0 Å². The van der Waals surface area contributed by atoms with Crippen LogP contribution in [-0.4, -0.2) is 42.3 Å². The number of hydrogen-bond donors (Lipinski definition) is 2. The number of nitrogens with one attached hydrogen (secondary N) is 2. The van der Waals surface area contributed by atoms with E-state index in [9.17, 15) is 18.4 Å². The van der Waals surface area contributed by atoms with Gasteiger partial charge in [-0.25, -0.2) is 4.79 Å². The number of nitrogens with zero attached hydrogens (tertiary/aromatic N) is 1. The van der Waals surface area contributed by atoms with Crippen molar-refractivity contribution in [1.29, 1.82) is 0 Å². The lowest BCUT2D eigenvalue weighted by Crippen LogP contribution is -2.47. The van der Waals surface area contributed by atoms with E-state index in [1.807, 2.05) is 6.07 Å². The Morgan fingerprint density at radius 2 is 1.69 bits per heavy atom. The molecule has 29 heavy (non-hydrogen) atoms. The number of anilines is 1. The third-order valence-corrected chi connectivity index (χ3v) is 4.81. The van der Waals surface area contributed by atoms with Gasteiger partial charge >= 0.3 is 12.3 Å². The molecule has 2 aromatic carbocycles. The van der Waals surface area contributed by atoms with Crippen molar-refractivity contribution >= 4 is 17.6 Å². The molecule has 0 aliphatic carbocycles. The zero-order valence-electron chi connectivity index (χ0n) is 15.4. The molecule has 0 saturated carbocycles. The smallest absolute Gasteiger partial charge is 0.395 e. The van der Waals surface area contributed by atoms with Gasteiger partial charge in [0.1, 0.15) is 0 Å². The van der Waals surface area contributed by atoms with Crippen LogP contribution in [0.1, 0.15) is 23.2 Å². The second-order valence-electron chi connectivity index (χ2n) is 6.86. The van der Waals surface area contributed by atoms with Crippen molar-refractivity contribution in [3.8, 4) is 11.5 Å². The maximum Gasteiger partial charge on any atom is 0.586 e. The minimum Gasteiger partial charge on any atom is -0.395 e. The minimum absolute atomic E-state index is 0.0143. The second kappa shape index (κ2) is 7.57. The number of carbonyl (C=O) groups excluding carboxylic acids is 2. The predicted molar refractivity (Wildman–Crippen MR) is 100 cm³/mol. The van der Waals surface area contributed by atoms with E-state index in [-0.39, 0.29) is 29.5 Å². The number of hydrogen-bond acceptors (Lipinski definition) is 4. The van der Waals surface area contributed by atoms with Gasteiger partial charge in [0.25, 0.3) is 5.91 Å². The molecular formula is C20H19F2N3O4. The van der Waals surface area contributed by atoms with Crippen molar-refractivity contribution in [3.63, 3.8) is 0 Å². The first-order valence-corrected chi connectivity index (χ1v) is 9.21. The molecule has 0 unspecified atom stereocenters. The van der Waals surface area contributed by atoms with Gasteiger partial charge in [0.2, 0.25) is 0 Å². The van der Waals surface area contributed by atoms with Crippen LogP contribution in [0.5, 0.6) is 11.5 Å². The fourth-order valence-corrected chi connectivity index (χ4v) is 3.31. The zero-order valence-corrected chi connectivity index (χ0v) is 15.4. The highest BCUT2D eigenvalue weighted by atomic mass is 19.3. The molecule has 0 spiro atoms. The van der Waals surface area contributed by atoms with Crippen LogP contribution in [0.3, 0.4) is 0 Å². The highest BCUT2D eigenvalue weighted by Gasteiger charge is 2.43. The van der Waals surface area contributed by atoms with Crippen LogP contribution >= 0.6 is 0 Å². The van der Waals surface area contributed by atoms with E-state index in [0.717, 1.165) is 0 Å². The van der Waals surface area contributed by atoms with E-state index in [1.54, 1.807) is 29.2 Å². The summed E-state index contributed by atoms with van der Waals surface area (Å²) >= 11 is 0. The molecule has 2 aromatic rings. The van der Waals surface area contributed by atoms with Crippen molar-refractivity contribution in [3.05, 3.63) is 54.1 Å². The van der Waals surface area contributed by atoms with Gasteiger partial charge in [-0.2, -0.15) is 0 Å². The fraction of sp³-hybridized carbons (Fsp3) is 0.300. The van der Waals surface area contributed by atoms with E-state index in [4.69, 9.17) is 0 Å². The van der Waals surface area contributed by atoms with Gasteiger partial charge in [-0.3, -0.25) is 4.79 Å². The van der Waals surface area contributed by atoms with Crippen LogP contribution < -0.4 is 20.1 Å². The minimum atomic E-state index is -3.70. The van der Waals surface area contributed by atoms with E-state index in [2.05, 4.69) is 20.1 Å². The average molecular weight is 403 g/mol. The van der Waals surface area contributed by atoms with Gasteiger partial charge in [0.05, 0.1) is 0 Å². The van der Waals surface area contributed by atoms with E-state index < -0.39 is 6.29 Å². The summed E-state index contributed by atoms with van der Waals surface area (Å²) in [5.41, 5.74) is 0.926. The first kappa shape index (κ1) is 19.0. The molecule has 0 radical (unpaired) electrons. The molecule has 2 heterocycles. The molecule has 9 heteroatoms. The molecule has 0 aromatic heterocycles. The number of alkyl halides is 2. The maximum absolute atomic E-state index is 13.1. The lowest BCUT2D eigenvalue weighted by Gasteiger charge is -2.32. The van der Waals surface area contributed by atoms with Crippen molar-refractivity contribution in [2.24, 2.45) is 0 Å². The number of ether oxygens (including phenoxy) is 2. The summed E-state index contributed by atoms with van der Waals surface area (Å²) in [6.45, 7) is 0.933. The second-order valence-corrected chi connectivity index (χ2v) is 6.86. The number of amides is 3. The Balaban J connectivity index is 1.28. The van der Waals surface area contributed by atoms with Gasteiger partial charge in [0.15, 0.2) is 11.5 Å². The Labute approximate surface area is 165 Å². The molecule has 4 rings (SSSR count). The molecule has 152 valence electrons. The summed E-state index contributed by atoms with van der Waals surface area (Å²) in [5, 5.41) is 5.65. The van der Waals surface area contributed by atoms with Gasteiger partial charge in [-0.15, -0.1) is 8.78 Å². The molecule has 1 fully saturated rings. The maximum atomic E-state index is 13.1. The van der Waals surface area contributed by atoms with Crippen LogP contribution in [0.2, 0.25) is 0 Å². The summed E-state index contributed by atoms with van der Waals surface area (Å²) < 4.78 is 34.9. The van der Waals surface area contributed by atoms with Crippen molar-refractivity contribution in [2.45, 2.75) is 25.2 Å². The summed E-state index contributed by atoms with van der Waals surface area (Å²) in [4.78, 5) is 26.3. The Kier molecular flexibility index (Phi) is 4.96. The first-order chi connectivity index (χ1) is 13.9. The van der Waals surface area contributed by atoms with E-state index in [0.29, 0.717) is 37.2 Å². The number of urea groups is 1. The van der Waals surface area contributed by atoms with Crippen molar-refractivity contribution in [1.82, 2.24) is 10.2 Å². The summed E-state index contributed by atoms with van der Waals surface area (Å²) in [5.74, 6) is -0.344. The van der Waals surface area contributed by atoms with Crippen molar-refractivity contribution in [2.75, 3.05) is 18.4 Å². The highest BCUT2D eigenvalue weighted by Crippen LogP contribution is 2.42. The predicted octanol–water partition coefficient (Wildman–Crippen LogP) is 3.43. The average Bonchev–Trinajstić information content (AvgIpc) is 3.02. The third kappa shape index (κ3) is 4.39. The summed E-state index contributed by atoms with van der Waals surface area (Å²) in [7, 11) is 0. The lowest BCUT2D eigenvalue weighted by molar-refractivity contribution is -0.286. The zero-order chi connectivity index (χ0) is 20.4. The number of benzene rings is 2. The number of carbonyl (C=O) groups is 2. The van der Waals surface area contributed by atoms with E-state index in [1.165, 1.54) is 18.2 Å². The Morgan fingerprint density at radius 1 is 1.00 bits per heavy atom. The molecule has 2 aliphatic heterocycles. The van der Waals surface area contributed by atoms with Gasteiger partial charge in [0, 0.05) is 36.4 Å². The number of fused-ring (bicyclic) bond motifs is 1. The molecular weight excluding hydrogens is 384 g/mol.